The van der Waals surface area contributed by atoms with Crippen molar-refractivity contribution in [3.05, 3.63) is 75.7 Å². The van der Waals surface area contributed by atoms with E-state index in [9.17, 15) is 14.4 Å². The molecular weight excluding hydrogens is 462 g/mol. The second kappa shape index (κ2) is 11.9. The Balaban J connectivity index is 1.61. The van der Waals surface area contributed by atoms with Gasteiger partial charge in [-0.05, 0) is 30.3 Å². The van der Waals surface area contributed by atoms with Crippen molar-refractivity contribution >= 4 is 46.6 Å². The number of rotatable bonds is 9. The van der Waals surface area contributed by atoms with Crippen LogP contribution in [0, 0.1) is 3.95 Å². The number of hydrogen-bond acceptors (Lipinski definition) is 7. The second-order valence-corrected chi connectivity index (χ2v) is 8.75. The lowest BCUT2D eigenvalue weighted by Gasteiger charge is -2.21. The van der Waals surface area contributed by atoms with Gasteiger partial charge in [0.15, 0.2) is 3.95 Å². The molecule has 0 saturated heterocycles. The number of alkyl carbamates (subject to hydrolysis) is 1. The fraction of sp³-hybridized carbons (Fsp3) is 0.227. The van der Waals surface area contributed by atoms with E-state index in [1.54, 1.807) is 0 Å². The Labute approximate surface area is 199 Å². The molecule has 3 rings (SSSR count). The van der Waals surface area contributed by atoms with Gasteiger partial charge in [-0.25, -0.2) is 4.79 Å². The first kappa shape index (κ1) is 24.1. The number of nitrogens with zero attached hydrogens (tertiary/aromatic N) is 1. The molecule has 3 amide bonds. The second-order valence-electron chi connectivity index (χ2n) is 7.09. The molecule has 0 aliphatic heterocycles. The number of H-pyrrole nitrogens is 1. The lowest BCUT2D eigenvalue weighted by Crippen LogP contribution is -2.52. The van der Waals surface area contributed by atoms with E-state index in [-0.39, 0.29) is 13.0 Å². The summed E-state index contributed by atoms with van der Waals surface area (Å²) in [4.78, 5) is 37.7. The first-order valence-electron chi connectivity index (χ1n) is 10.1. The number of amides is 3. The summed E-state index contributed by atoms with van der Waals surface area (Å²) in [6, 6.07) is 16.6. The van der Waals surface area contributed by atoms with Crippen LogP contribution in [0.4, 0.5) is 9.93 Å². The van der Waals surface area contributed by atoms with Gasteiger partial charge in [-0.3, -0.25) is 20.0 Å². The number of hydrogen-bond donors (Lipinski definition) is 4. The van der Waals surface area contributed by atoms with Crippen LogP contribution in [0.2, 0.25) is 0 Å². The summed E-state index contributed by atoms with van der Waals surface area (Å²) in [7, 11) is 0. The van der Waals surface area contributed by atoms with Crippen LogP contribution in [-0.2, 0) is 27.4 Å². The Bertz CT molecular complexity index is 1130. The average Bonchev–Trinajstić information content (AvgIpc) is 3.23. The summed E-state index contributed by atoms with van der Waals surface area (Å²) in [6.45, 7) is 1.60. The predicted molar refractivity (Wildman–Crippen MR) is 127 cm³/mol. The minimum Gasteiger partial charge on any atom is -0.445 e. The molecule has 33 heavy (non-hydrogen) atoms. The van der Waals surface area contributed by atoms with E-state index in [2.05, 4.69) is 26.1 Å². The standard InChI is InChI=1S/C22H23N5O4S2/c1-14(18(28)25-20-26-27-22(32)33-20)23-19(29)17(12-15-8-4-2-5-9-15)24-21(30)31-13-16-10-6-3-7-11-16/h2-11,14,17H,12-13H2,1H3,(H,23,29)(H,24,30)(H,27,32)(H,25,26,28)/t14-,17-/m0/s1. The van der Waals surface area contributed by atoms with Gasteiger partial charge in [-0.1, -0.05) is 72.0 Å². The molecule has 0 radical (unpaired) electrons. The first-order chi connectivity index (χ1) is 15.9. The molecule has 11 heteroatoms. The van der Waals surface area contributed by atoms with Crippen molar-refractivity contribution in [3.63, 3.8) is 0 Å². The van der Waals surface area contributed by atoms with Crippen LogP contribution < -0.4 is 16.0 Å². The summed E-state index contributed by atoms with van der Waals surface area (Å²) in [6.07, 6.45) is -0.509. The molecule has 172 valence electrons. The number of aromatic nitrogens is 2. The average molecular weight is 486 g/mol. The highest BCUT2D eigenvalue weighted by Gasteiger charge is 2.25. The summed E-state index contributed by atoms with van der Waals surface area (Å²) in [5.74, 6) is -0.987. The number of ether oxygens (including phenoxy) is 1. The van der Waals surface area contributed by atoms with Crippen LogP contribution in [0.3, 0.4) is 0 Å². The van der Waals surface area contributed by atoms with Gasteiger partial charge in [-0.2, -0.15) is 0 Å². The van der Waals surface area contributed by atoms with Gasteiger partial charge in [0.25, 0.3) is 0 Å². The van der Waals surface area contributed by atoms with E-state index in [4.69, 9.17) is 17.0 Å². The molecule has 0 bridgehead atoms. The number of anilines is 1. The van der Waals surface area contributed by atoms with E-state index in [1.165, 1.54) is 6.92 Å². The molecule has 1 aromatic heterocycles. The fourth-order valence-corrected chi connectivity index (χ4v) is 3.63. The fourth-order valence-electron chi connectivity index (χ4n) is 2.84. The van der Waals surface area contributed by atoms with Crippen molar-refractivity contribution in [2.24, 2.45) is 0 Å². The highest BCUT2D eigenvalue weighted by atomic mass is 32.1. The Morgan fingerprint density at radius 3 is 2.24 bits per heavy atom. The Morgan fingerprint density at radius 2 is 1.64 bits per heavy atom. The maximum absolute atomic E-state index is 12.9. The molecule has 1 heterocycles. The zero-order valence-electron chi connectivity index (χ0n) is 17.7. The van der Waals surface area contributed by atoms with Crippen LogP contribution >= 0.6 is 23.6 Å². The minimum atomic E-state index is -0.946. The van der Waals surface area contributed by atoms with Crippen LogP contribution in [0.15, 0.2) is 60.7 Å². The largest absolute Gasteiger partial charge is 0.445 e. The summed E-state index contributed by atoms with van der Waals surface area (Å²) < 4.78 is 5.67. The Kier molecular flexibility index (Phi) is 8.67. The molecule has 4 N–H and O–H groups in total. The third-order valence-electron chi connectivity index (χ3n) is 4.52. The zero-order valence-corrected chi connectivity index (χ0v) is 19.4. The molecule has 2 aromatic carbocycles. The number of nitrogens with one attached hydrogen (secondary N) is 4. The summed E-state index contributed by atoms with van der Waals surface area (Å²) in [5, 5.41) is 14.5. The minimum absolute atomic E-state index is 0.0703. The summed E-state index contributed by atoms with van der Waals surface area (Å²) in [5.41, 5.74) is 1.66. The topological polar surface area (TPSA) is 125 Å². The molecule has 0 unspecified atom stereocenters. The van der Waals surface area contributed by atoms with Gasteiger partial charge in [0.1, 0.15) is 18.7 Å². The number of benzene rings is 2. The van der Waals surface area contributed by atoms with E-state index >= 15 is 0 Å². The van der Waals surface area contributed by atoms with Crippen LogP contribution in [-0.4, -0.2) is 40.2 Å². The Hall–Kier alpha value is -3.57. The van der Waals surface area contributed by atoms with Gasteiger partial charge in [0, 0.05) is 6.42 Å². The molecule has 0 fully saturated rings. The van der Waals surface area contributed by atoms with Crippen molar-refractivity contribution in [2.75, 3.05) is 5.32 Å². The highest BCUT2D eigenvalue weighted by molar-refractivity contribution is 7.73. The number of carbonyl (C=O) groups is 3. The van der Waals surface area contributed by atoms with Crippen LogP contribution in [0.1, 0.15) is 18.1 Å². The molecule has 0 saturated carbocycles. The Morgan fingerprint density at radius 1 is 1.00 bits per heavy atom. The van der Waals surface area contributed by atoms with Crippen molar-refractivity contribution in [3.8, 4) is 0 Å². The van der Waals surface area contributed by atoms with Crippen molar-refractivity contribution < 1.29 is 19.1 Å². The molecule has 2 atom stereocenters. The number of carbonyl (C=O) groups excluding carboxylic acids is 3. The predicted octanol–water partition coefficient (Wildman–Crippen LogP) is 3.18. The third-order valence-corrected chi connectivity index (χ3v) is 5.53. The number of aromatic amines is 1. The van der Waals surface area contributed by atoms with Gasteiger partial charge >= 0.3 is 6.09 Å². The van der Waals surface area contributed by atoms with Gasteiger partial charge in [0.05, 0.1) is 0 Å². The smallest absolute Gasteiger partial charge is 0.408 e. The maximum atomic E-state index is 12.9. The molecule has 0 aliphatic carbocycles. The van der Waals surface area contributed by atoms with Crippen molar-refractivity contribution in [2.45, 2.75) is 32.0 Å². The highest BCUT2D eigenvalue weighted by Crippen LogP contribution is 2.11. The third kappa shape index (κ3) is 7.81. The normalized spacial score (nSPS) is 12.3. The molecule has 3 aromatic rings. The van der Waals surface area contributed by atoms with Gasteiger partial charge < -0.3 is 15.4 Å². The van der Waals surface area contributed by atoms with E-state index in [0.717, 1.165) is 22.5 Å². The van der Waals surface area contributed by atoms with E-state index in [1.807, 2.05) is 60.7 Å². The zero-order chi connectivity index (χ0) is 23.6. The lowest BCUT2D eigenvalue weighted by molar-refractivity contribution is -0.127. The maximum Gasteiger partial charge on any atom is 0.408 e. The van der Waals surface area contributed by atoms with E-state index in [0.29, 0.717) is 9.09 Å². The molecule has 0 spiro atoms. The van der Waals surface area contributed by atoms with Gasteiger partial charge in [-0.15, -0.1) is 5.10 Å². The van der Waals surface area contributed by atoms with Crippen molar-refractivity contribution in [1.82, 2.24) is 20.8 Å². The van der Waals surface area contributed by atoms with Crippen LogP contribution in [0.5, 0.6) is 0 Å². The quantitative estimate of drug-likeness (QED) is 0.345. The van der Waals surface area contributed by atoms with Crippen LogP contribution in [0.25, 0.3) is 0 Å². The van der Waals surface area contributed by atoms with Gasteiger partial charge in [0.2, 0.25) is 16.9 Å². The SMILES string of the molecule is C[C@H](NC(=O)[C@H](Cc1ccccc1)NC(=O)OCc1ccccc1)C(=O)Nc1n[nH]c(=S)s1. The monoisotopic (exact) mass is 485 g/mol. The summed E-state index contributed by atoms with van der Waals surface area (Å²) >= 11 is 6.04. The molecular formula is C22H23N5O4S2. The lowest BCUT2D eigenvalue weighted by atomic mass is 10.1. The van der Waals surface area contributed by atoms with Crippen molar-refractivity contribution in [1.29, 1.82) is 0 Å². The molecule has 0 aliphatic rings. The van der Waals surface area contributed by atoms with E-state index < -0.39 is 30.0 Å². The molecule has 9 nitrogen and oxygen atoms in total. The first-order valence-corrected chi connectivity index (χ1v) is 11.3.